The van der Waals surface area contributed by atoms with Crippen LogP contribution in [0.25, 0.3) is 0 Å². The average Bonchev–Trinajstić information content (AvgIpc) is 2.37. The summed E-state index contributed by atoms with van der Waals surface area (Å²) in [7, 11) is -2.10. The van der Waals surface area contributed by atoms with Crippen LogP contribution in [0, 0.1) is 0 Å². The molecule has 0 unspecified atom stereocenters. The number of aromatic nitrogens is 2. The fraction of sp³-hybridized carbons (Fsp3) is 0.636. The molecule has 1 aromatic heterocycles. The van der Waals surface area contributed by atoms with Crippen molar-refractivity contribution in [3.8, 4) is 0 Å². The molecule has 1 heterocycles. The van der Waals surface area contributed by atoms with Crippen molar-refractivity contribution in [2.75, 3.05) is 11.8 Å². The van der Waals surface area contributed by atoms with Gasteiger partial charge in [-0.1, -0.05) is 30.9 Å². The van der Waals surface area contributed by atoms with E-state index in [2.05, 4.69) is 14.7 Å². The first-order valence-electron chi connectivity index (χ1n) is 6.34. The Labute approximate surface area is 128 Å². The maximum atomic E-state index is 12.3. The first-order chi connectivity index (χ1) is 9.38. The Hall–Kier alpha value is -0.630. The van der Waals surface area contributed by atoms with Crippen molar-refractivity contribution >= 4 is 39.2 Å². The lowest BCUT2D eigenvalue weighted by Crippen LogP contribution is -2.41. The normalized spacial score (nSPS) is 17.4. The number of nitrogens with one attached hydrogen (secondary N) is 1. The topological polar surface area (TPSA) is 75.2 Å². The maximum absolute atomic E-state index is 12.3. The van der Waals surface area contributed by atoms with Gasteiger partial charge in [-0.25, -0.2) is 4.98 Å². The molecule has 2 rings (SSSR count). The predicted octanol–water partition coefficient (Wildman–Crippen LogP) is 2.70. The van der Waals surface area contributed by atoms with Crippen LogP contribution in [-0.2, 0) is 10.2 Å². The Morgan fingerprint density at radius 1 is 1.25 bits per heavy atom. The molecule has 0 bridgehead atoms. The Bertz CT molecular complexity index is 556. The first kappa shape index (κ1) is 15.8. The molecule has 1 aromatic rings. The molecule has 0 aromatic carbocycles. The minimum Gasteiger partial charge on any atom is -0.254 e. The highest BCUT2D eigenvalue weighted by Gasteiger charge is 2.27. The van der Waals surface area contributed by atoms with Crippen LogP contribution in [0.4, 0.5) is 5.82 Å². The van der Waals surface area contributed by atoms with E-state index in [0.717, 1.165) is 32.1 Å². The van der Waals surface area contributed by atoms with Gasteiger partial charge in [-0.2, -0.15) is 17.7 Å². The van der Waals surface area contributed by atoms with Crippen molar-refractivity contribution < 1.29 is 8.42 Å². The second kappa shape index (κ2) is 6.43. The minimum absolute atomic E-state index is 0.0223. The summed E-state index contributed by atoms with van der Waals surface area (Å²) >= 11 is 11.4. The van der Waals surface area contributed by atoms with E-state index >= 15 is 0 Å². The monoisotopic (exact) mass is 338 g/mol. The number of anilines is 1. The summed E-state index contributed by atoms with van der Waals surface area (Å²) in [5.74, 6) is 0.0673. The number of halogens is 2. The lowest BCUT2D eigenvalue weighted by atomic mass is 9.96. The van der Waals surface area contributed by atoms with E-state index in [9.17, 15) is 8.42 Å². The van der Waals surface area contributed by atoms with Gasteiger partial charge in [0.15, 0.2) is 0 Å². The third-order valence-electron chi connectivity index (χ3n) is 3.37. The molecule has 1 N–H and O–H groups in total. The zero-order valence-corrected chi connectivity index (χ0v) is 13.3. The van der Waals surface area contributed by atoms with E-state index in [4.69, 9.17) is 23.2 Å². The molecule has 1 fully saturated rings. The predicted molar refractivity (Wildman–Crippen MR) is 79.2 cm³/mol. The van der Waals surface area contributed by atoms with Crippen molar-refractivity contribution in [1.29, 1.82) is 0 Å². The van der Waals surface area contributed by atoms with Crippen LogP contribution in [0.3, 0.4) is 0 Å². The van der Waals surface area contributed by atoms with E-state index in [-0.39, 0.29) is 22.3 Å². The molecule has 0 spiro atoms. The van der Waals surface area contributed by atoms with Gasteiger partial charge in [-0.15, -0.1) is 0 Å². The number of rotatable bonds is 4. The molecule has 0 saturated heterocycles. The van der Waals surface area contributed by atoms with E-state index < -0.39 is 10.2 Å². The quantitative estimate of drug-likeness (QED) is 0.676. The van der Waals surface area contributed by atoms with Gasteiger partial charge in [0.2, 0.25) is 5.28 Å². The lowest BCUT2D eigenvalue weighted by molar-refractivity contribution is 0.287. The largest absolute Gasteiger partial charge is 0.302 e. The van der Waals surface area contributed by atoms with Gasteiger partial charge in [-0.3, -0.25) is 4.72 Å². The van der Waals surface area contributed by atoms with Gasteiger partial charge in [0.05, 0.1) is 0 Å². The van der Waals surface area contributed by atoms with Crippen molar-refractivity contribution in [3.63, 3.8) is 0 Å². The van der Waals surface area contributed by atoms with Gasteiger partial charge in [-0.05, 0) is 24.4 Å². The molecule has 0 amide bonds. The first-order valence-corrected chi connectivity index (χ1v) is 8.54. The zero-order valence-electron chi connectivity index (χ0n) is 11.0. The van der Waals surface area contributed by atoms with Crippen LogP contribution >= 0.6 is 23.2 Å². The smallest absolute Gasteiger partial charge is 0.254 e. The minimum atomic E-state index is -3.67. The van der Waals surface area contributed by atoms with Crippen LogP contribution in [0.2, 0.25) is 10.4 Å². The van der Waals surface area contributed by atoms with E-state index in [0.29, 0.717) is 0 Å². The highest BCUT2D eigenvalue weighted by molar-refractivity contribution is 7.90. The molecule has 112 valence electrons. The summed E-state index contributed by atoms with van der Waals surface area (Å²) in [6.07, 6.45) is 5.02. The zero-order chi connectivity index (χ0) is 14.8. The molecule has 0 radical (unpaired) electrons. The summed E-state index contributed by atoms with van der Waals surface area (Å²) in [6, 6.07) is 1.34. The van der Waals surface area contributed by atoms with Crippen molar-refractivity contribution in [1.82, 2.24) is 14.3 Å². The highest BCUT2D eigenvalue weighted by Crippen LogP contribution is 2.24. The summed E-state index contributed by atoms with van der Waals surface area (Å²) < 4.78 is 28.3. The molecule has 1 saturated carbocycles. The van der Waals surface area contributed by atoms with Crippen LogP contribution in [0.1, 0.15) is 32.1 Å². The molecule has 0 aliphatic heterocycles. The number of hydrogen-bond acceptors (Lipinski definition) is 4. The summed E-state index contributed by atoms with van der Waals surface area (Å²) in [5, 5.41) is -0.0152. The van der Waals surface area contributed by atoms with E-state index in [1.165, 1.54) is 10.4 Å². The maximum Gasteiger partial charge on any atom is 0.302 e. The Kier molecular flexibility index (Phi) is 5.06. The fourth-order valence-corrected chi connectivity index (χ4v) is 3.81. The Balaban J connectivity index is 2.13. The molecule has 1 aliphatic carbocycles. The van der Waals surface area contributed by atoms with Crippen molar-refractivity contribution in [2.45, 2.75) is 38.1 Å². The molecule has 0 atom stereocenters. The Morgan fingerprint density at radius 3 is 2.50 bits per heavy atom. The SMILES string of the molecule is CN(C1CCCCC1)S(=O)(=O)Nc1cc(Cl)nc(Cl)n1. The van der Waals surface area contributed by atoms with Gasteiger partial charge >= 0.3 is 10.2 Å². The van der Waals surface area contributed by atoms with Crippen LogP contribution < -0.4 is 4.72 Å². The third-order valence-corrected chi connectivity index (χ3v) is 5.26. The standard InChI is InChI=1S/C11H16Cl2N4O2S/c1-17(8-5-3-2-4-6-8)20(18,19)16-10-7-9(12)14-11(13)15-10/h7-8H,2-6H2,1H3,(H,14,15,16). The van der Waals surface area contributed by atoms with Crippen LogP contribution in [0.15, 0.2) is 6.07 Å². The summed E-state index contributed by atoms with van der Waals surface area (Å²) in [4.78, 5) is 7.47. The van der Waals surface area contributed by atoms with Crippen LogP contribution in [-0.4, -0.2) is 35.8 Å². The Morgan fingerprint density at radius 2 is 1.90 bits per heavy atom. The fourth-order valence-electron chi connectivity index (χ4n) is 2.29. The van der Waals surface area contributed by atoms with Gasteiger partial charge < -0.3 is 0 Å². The van der Waals surface area contributed by atoms with Crippen molar-refractivity contribution in [2.24, 2.45) is 0 Å². The summed E-state index contributed by atoms with van der Waals surface area (Å²) in [6.45, 7) is 0. The molecule has 6 nitrogen and oxygen atoms in total. The lowest BCUT2D eigenvalue weighted by Gasteiger charge is -2.30. The highest BCUT2D eigenvalue weighted by atomic mass is 35.5. The number of nitrogens with zero attached hydrogens (tertiary/aromatic N) is 3. The average molecular weight is 339 g/mol. The summed E-state index contributed by atoms with van der Waals surface area (Å²) in [5.41, 5.74) is 0. The van der Waals surface area contributed by atoms with Crippen LogP contribution in [0.5, 0.6) is 0 Å². The van der Waals surface area contributed by atoms with Gasteiger partial charge in [0, 0.05) is 19.2 Å². The van der Waals surface area contributed by atoms with Crippen molar-refractivity contribution in [3.05, 3.63) is 16.5 Å². The molecular weight excluding hydrogens is 323 g/mol. The van der Waals surface area contributed by atoms with E-state index in [1.807, 2.05) is 0 Å². The second-order valence-corrected chi connectivity index (χ2v) is 7.22. The van der Waals surface area contributed by atoms with E-state index in [1.54, 1.807) is 7.05 Å². The molecule has 9 heteroatoms. The third kappa shape index (κ3) is 3.94. The van der Waals surface area contributed by atoms with Gasteiger partial charge in [0.25, 0.3) is 0 Å². The second-order valence-electron chi connectivity index (χ2n) is 4.76. The van der Waals surface area contributed by atoms with Gasteiger partial charge in [0.1, 0.15) is 11.0 Å². The molecule has 20 heavy (non-hydrogen) atoms. The molecule has 1 aliphatic rings. The molecular formula is C11H16Cl2N4O2S. The number of hydrogen-bond donors (Lipinski definition) is 1.